The first-order valence-corrected chi connectivity index (χ1v) is 7.95. The summed E-state index contributed by atoms with van der Waals surface area (Å²) in [4.78, 5) is 0. The molecule has 0 aromatic heterocycles. The van der Waals surface area contributed by atoms with Gasteiger partial charge in [-0.1, -0.05) is 40.5 Å². The summed E-state index contributed by atoms with van der Waals surface area (Å²) in [6, 6.07) is 1.25. The molecule has 1 heterocycles. The van der Waals surface area contributed by atoms with Crippen molar-refractivity contribution in [2.24, 2.45) is 17.8 Å². The second-order valence-electron chi connectivity index (χ2n) is 7.09. The smallest absolute Gasteiger partial charge is 0.0733 e. The van der Waals surface area contributed by atoms with Crippen molar-refractivity contribution >= 4 is 0 Å². The molecule has 2 heteroatoms. The molecule has 0 spiro atoms. The molecule has 0 aromatic rings. The van der Waals surface area contributed by atoms with Crippen molar-refractivity contribution in [2.45, 2.75) is 78.0 Å². The van der Waals surface area contributed by atoms with Gasteiger partial charge in [0.2, 0.25) is 0 Å². The average molecular weight is 253 g/mol. The first-order chi connectivity index (χ1) is 8.58. The zero-order valence-electron chi connectivity index (χ0n) is 12.6. The molecule has 0 aromatic carbocycles. The van der Waals surface area contributed by atoms with Gasteiger partial charge in [-0.05, 0) is 37.0 Å². The monoisotopic (exact) mass is 253 g/mol. The van der Waals surface area contributed by atoms with Gasteiger partial charge in [-0.2, -0.15) is 0 Å². The van der Waals surface area contributed by atoms with E-state index in [0.29, 0.717) is 24.1 Å². The minimum atomic E-state index is 0.413. The molecule has 18 heavy (non-hydrogen) atoms. The van der Waals surface area contributed by atoms with E-state index in [1.807, 2.05) is 0 Å². The second-order valence-corrected chi connectivity index (χ2v) is 7.09. The summed E-state index contributed by atoms with van der Waals surface area (Å²) >= 11 is 0. The zero-order chi connectivity index (χ0) is 13.1. The fourth-order valence-electron chi connectivity index (χ4n) is 3.63. The highest BCUT2D eigenvalue weighted by molar-refractivity contribution is 4.91. The Balaban J connectivity index is 2.05. The SMILES string of the molecule is CC(C)CC1OCC2CCCCC2NC1C(C)C. The first kappa shape index (κ1) is 14.3. The Morgan fingerprint density at radius 2 is 1.83 bits per heavy atom. The predicted molar refractivity (Wildman–Crippen MR) is 76.7 cm³/mol. The lowest BCUT2D eigenvalue weighted by Gasteiger charge is -2.34. The van der Waals surface area contributed by atoms with Gasteiger partial charge in [0.25, 0.3) is 0 Å². The normalized spacial score (nSPS) is 37.7. The van der Waals surface area contributed by atoms with Crippen LogP contribution in [0.2, 0.25) is 0 Å². The zero-order valence-corrected chi connectivity index (χ0v) is 12.6. The summed E-state index contributed by atoms with van der Waals surface area (Å²) in [6.07, 6.45) is 7.11. The maximum atomic E-state index is 6.29. The summed E-state index contributed by atoms with van der Waals surface area (Å²) < 4.78 is 6.29. The summed E-state index contributed by atoms with van der Waals surface area (Å²) in [6.45, 7) is 10.3. The number of ether oxygens (including phenoxy) is 1. The van der Waals surface area contributed by atoms with Gasteiger partial charge in [-0.25, -0.2) is 0 Å². The maximum Gasteiger partial charge on any atom is 0.0733 e. The van der Waals surface area contributed by atoms with Crippen molar-refractivity contribution in [1.82, 2.24) is 5.32 Å². The van der Waals surface area contributed by atoms with Crippen LogP contribution in [0.15, 0.2) is 0 Å². The summed E-state index contributed by atoms with van der Waals surface area (Å²) in [5.74, 6) is 2.14. The number of rotatable bonds is 3. The molecule has 1 aliphatic carbocycles. The Bertz CT molecular complexity index is 251. The minimum absolute atomic E-state index is 0.413. The summed E-state index contributed by atoms with van der Waals surface area (Å²) in [5.41, 5.74) is 0. The predicted octanol–water partition coefficient (Wildman–Crippen LogP) is 3.60. The third kappa shape index (κ3) is 3.48. The van der Waals surface area contributed by atoms with Gasteiger partial charge in [0.05, 0.1) is 12.7 Å². The highest BCUT2D eigenvalue weighted by atomic mass is 16.5. The minimum Gasteiger partial charge on any atom is -0.376 e. The maximum absolute atomic E-state index is 6.29. The largest absolute Gasteiger partial charge is 0.376 e. The van der Waals surface area contributed by atoms with Crippen molar-refractivity contribution in [3.05, 3.63) is 0 Å². The molecule has 0 radical (unpaired) electrons. The van der Waals surface area contributed by atoms with Crippen LogP contribution in [0.25, 0.3) is 0 Å². The van der Waals surface area contributed by atoms with Crippen LogP contribution in [0.5, 0.6) is 0 Å². The van der Waals surface area contributed by atoms with Crippen LogP contribution >= 0.6 is 0 Å². The van der Waals surface area contributed by atoms with Crippen LogP contribution in [0, 0.1) is 17.8 Å². The average Bonchev–Trinajstić information content (AvgIpc) is 2.49. The number of hydrogen-bond donors (Lipinski definition) is 1. The van der Waals surface area contributed by atoms with Crippen molar-refractivity contribution in [2.75, 3.05) is 6.61 Å². The topological polar surface area (TPSA) is 21.3 Å². The van der Waals surface area contributed by atoms with Crippen LogP contribution in [-0.4, -0.2) is 24.8 Å². The van der Waals surface area contributed by atoms with Crippen molar-refractivity contribution in [1.29, 1.82) is 0 Å². The van der Waals surface area contributed by atoms with Gasteiger partial charge in [0.15, 0.2) is 0 Å². The second kappa shape index (κ2) is 6.38. The van der Waals surface area contributed by atoms with Crippen molar-refractivity contribution in [3.8, 4) is 0 Å². The van der Waals surface area contributed by atoms with Gasteiger partial charge < -0.3 is 10.1 Å². The van der Waals surface area contributed by atoms with Gasteiger partial charge in [-0.15, -0.1) is 0 Å². The third-order valence-electron chi connectivity index (χ3n) is 4.66. The van der Waals surface area contributed by atoms with E-state index >= 15 is 0 Å². The van der Waals surface area contributed by atoms with Crippen molar-refractivity contribution < 1.29 is 4.74 Å². The number of hydrogen-bond acceptors (Lipinski definition) is 2. The molecular weight excluding hydrogens is 222 g/mol. The molecular formula is C16H31NO. The highest BCUT2D eigenvalue weighted by Crippen LogP contribution is 2.31. The molecule has 106 valence electrons. The molecule has 1 aliphatic heterocycles. The van der Waals surface area contributed by atoms with Crippen molar-refractivity contribution in [3.63, 3.8) is 0 Å². The van der Waals surface area contributed by atoms with E-state index in [9.17, 15) is 0 Å². The third-order valence-corrected chi connectivity index (χ3v) is 4.66. The van der Waals surface area contributed by atoms with Gasteiger partial charge >= 0.3 is 0 Å². The Morgan fingerprint density at radius 1 is 1.11 bits per heavy atom. The quantitative estimate of drug-likeness (QED) is 0.829. The van der Waals surface area contributed by atoms with E-state index in [1.54, 1.807) is 0 Å². The molecule has 2 fully saturated rings. The molecule has 1 saturated carbocycles. The molecule has 4 unspecified atom stereocenters. The fourth-order valence-corrected chi connectivity index (χ4v) is 3.63. The Kier molecular flexibility index (Phi) is 5.08. The molecule has 0 bridgehead atoms. The van der Waals surface area contributed by atoms with Crippen LogP contribution in [0.4, 0.5) is 0 Å². The van der Waals surface area contributed by atoms with Crippen LogP contribution in [0.1, 0.15) is 59.8 Å². The van der Waals surface area contributed by atoms with E-state index in [2.05, 4.69) is 33.0 Å². The molecule has 4 atom stereocenters. The number of fused-ring (bicyclic) bond motifs is 1. The Hall–Kier alpha value is -0.0800. The Morgan fingerprint density at radius 3 is 2.50 bits per heavy atom. The van der Waals surface area contributed by atoms with E-state index in [0.717, 1.165) is 18.4 Å². The molecule has 1 saturated heterocycles. The van der Waals surface area contributed by atoms with Crippen LogP contribution in [-0.2, 0) is 4.74 Å². The molecule has 2 nitrogen and oxygen atoms in total. The van der Waals surface area contributed by atoms with E-state index < -0.39 is 0 Å². The van der Waals surface area contributed by atoms with Gasteiger partial charge in [0, 0.05) is 12.1 Å². The lowest BCUT2D eigenvalue weighted by Crippen LogP contribution is -2.49. The Labute approximate surface area is 113 Å². The summed E-state index contributed by atoms with van der Waals surface area (Å²) in [7, 11) is 0. The lowest BCUT2D eigenvalue weighted by molar-refractivity contribution is 0.00460. The standard InChI is InChI=1S/C16H31NO/c1-11(2)9-15-16(12(3)4)17-14-8-6-5-7-13(14)10-18-15/h11-17H,5-10H2,1-4H3. The van der Waals surface area contributed by atoms with Crippen LogP contribution < -0.4 is 5.32 Å². The van der Waals surface area contributed by atoms with E-state index in [-0.39, 0.29) is 0 Å². The number of nitrogens with one attached hydrogen (secondary N) is 1. The molecule has 2 aliphatic rings. The highest BCUT2D eigenvalue weighted by Gasteiger charge is 2.36. The molecule has 1 N–H and O–H groups in total. The summed E-state index contributed by atoms with van der Waals surface area (Å²) in [5, 5.41) is 3.95. The first-order valence-electron chi connectivity index (χ1n) is 7.95. The molecule has 2 rings (SSSR count). The molecule has 0 amide bonds. The van der Waals surface area contributed by atoms with E-state index in [1.165, 1.54) is 32.1 Å². The fraction of sp³-hybridized carbons (Fsp3) is 1.00. The van der Waals surface area contributed by atoms with Gasteiger partial charge in [0.1, 0.15) is 0 Å². The van der Waals surface area contributed by atoms with E-state index in [4.69, 9.17) is 4.74 Å². The van der Waals surface area contributed by atoms with Gasteiger partial charge in [-0.3, -0.25) is 0 Å². The van der Waals surface area contributed by atoms with Crippen LogP contribution in [0.3, 0.4) is 0 Å². The lowest BCUT2D eigenvalue weighted by atomic mass is 9.84.